The van der Waals surface area contributed by atoms with E-state index in [1.807, 2.05) is 25.1 Å². The molecular weight excluding hydrogens is 256 g/mol. The van der Waals surface area contributed by atoms with E-state index in [9.17, 15) is 9.59 Å². The molecule has 5 heteroatoms. The molecule has 2 rings (SSSR count). The predicted molar refractivity (Wildman–Crippen MR) is 79.4 cm³/mol. The number of aliphatic carboxylic acids is 1. The van der Waals surface area contributed by atoms with Gasteiger partial charge in [-0.1, -0.05) is 6.92 Å². The number of carboxylic acids is 1. The highest BCUT2D eigenvalue weighted by molar-refractivity contribution is 5.84. The van der Waals surface area contributed by atoms with Gasteiger partial charge in [-0.15, -0.1) is 0 Å². The summed E-state index contributed by atoms with van der Waals surface area (Å²) in [4.78, 5) is 24.3. The molecule has 1 aromatic carbocycles. The quantitative estimate of drug-likeness (QED) is 0.905. The Labute approximate surface area is 117 Å². The van der Waals surface area contributed by atoms with Gasteiger partial charge in [-0.3, -0.25) is 9.59 Å². The molecule has 0 bridgehead atoms. The summed E-state index contributed by atoms with van der Waals surface area (Å²) < 4.78 is 1.75. The largest absolute Gasteiger partial charge is 0.480 e. The second-order valence-corrected chi connectivity index (χ2v) is 4.82. The molecule has 106 valence electrons. The van der Waals surface area contributed by atoms with Crippen molar-refractivity contribution >= 4 is 22.6 Å². The number of fused-ring (bicyclic) bond motifs is 1. The number of anilines is 1. The fourth-order valence-electron chi connectivity index (χ4n) is 2.28. The van der Waals surface area contributed by atoms with Crippen molar-refractivity contribution in [2.75, 3.05) is 18.5 Å². The van der Waals surface area contributed by atoms with E-state index in [1.165, 1.54) is 0 Å². The van der Waals surface area contributed by atoms with E-state index < -0.39 is 5.97 Å². The third-order valence-corrected chi connectivity index (χ3v) is 3.23. The zero-order chi connectivity index (χ0) is 14.7. The van der Waals surface area contributed by atoms with Crippen LogP contribution in [0.5, 0.6) is 0 Å². The summed E-state index contributed by atoms with van der Waals surface area (Å²) in [6.07, 6.45) is 0.889. The molecule has 1 N–H and O–H groups in total. The van der Waals surface area contributed by atoms with Crippen LogP contribution in [0.3, 0.4) is 0 Å². The Hall–Kier alpha value is -2.30. The van der Waals surface area contributed by atoms with Crippen LogP contribution < -0.4 is 10.5 Å². The van der Waals surface area contributed by atoms with Crippen molar-refractivity contribution in [2.24, 2.45) is 0 Å². The first-order chi connectivity index (χ1) is 9.52. The van der Waals surface area contributed by atoms with Gasteiger partial charge in [0.15, 0.2) is 0 Å². The number of carbonyl (C=O) groups is 1. The van der Waals surface area contributed by atoms with Crippen LogP contribution >= 0.6 is 0 Å². The third kappa shape index (κ3) is 2.82. The molecule has 0 aliphatic rings. The van der Waals surface area contributed by atoms with Crippen molar-refractivity contribution in [3.8, 4) is 0 Å². The maximum absolute atomic E-state index is 11.9. The lowest BCUT2D eigenvalue weighted by Gasteiger charge is -2.18. The molecular formula is C15H18N2O3. The molecule has 0 saturated carbocycles. The molecule has 0 aliphatic heterocycles. The van der Waals surface area contributed by atoms with Crippen LogP contribution in [0.25, 0.3) is 10.9 Å². The minimum Gasteiger partial charge on any atom is -0.480 e. The molecule has 0 amide bonds. The molecule has 1 aromatic heterocycles. The molecule has 0 radical (unpaired) electrons. The number of aryl methyl sites for hydroxylation is 1. The van der Waals surface area contributed by atoms with E-state index >= 15 is 0 Å². The number of nitrogens with zero attached hydrogens (tertiary/aromatic N) is 2. The highest BCUT2D eigenvalue weighted by Gasteiger charge is 2.08. The average molecular weight is 274 g/mol. The first-order valence-electron chi connectivity index (χ1n) is 6.59. The maximum atomic E-state index is 11.9. The number of rotatable bonds is 5. The van der Waals surface area contributed by atoms with E-state index in [0.717, 1.165) is 23.0 Å². The topological polar surface area (TPSA) is 62.5 Å². The molecule has 1 heterocycles. The monoisotopic (exact) mass is 274 g/mol. The maximum Gasteiger partial charge on any atom is 0.323 e. The molecule has 0 saturated heterocycles. The third-order valence-electron chi connectivity index (χ3n) is 3.23. The Kier molecular flexibility index (Phi) is 4.08. The van der Waals surface area contributed by atoms with Crippen molar-refractivity contribution in [3.05, 3.63) is 40.7 Å². The summed E-state index contributed by atoms with van der Waals surface area (Å²) in [5.74, 6) is -0.872. The van der Waals surface area contributed by atoms with Gasteiger partial charge in [0.25, 0.3) is 5.56 Å². The van der Waals surface area contributed by atoms with E-state index in [4.69, 9.17) is 5.11 Å². The average Bonchev–Trinajstić information content (AvgIpc) is 2.41. The van der Waals surface area contributed by atoms with Crippen LogP contribution in [0.4, 0.5) is 5.69 Å². The lowest BCUT2D eigenvalue weighted by atomic mass is 10.1. The molecule has 5 nitrogen and oxygen atoms in total. The van der Waals surface area contributed by atoms with E-state index in [-0.39, 0.29) is 12.1 Å². The standard InChI is InChI=1S/C15H18N2O3/c1-3-8-17-13-6-5-12(16(2)10-15(19)20)9-11(13)4-7-14(17)18/h4-7,9H,3,8,10H2,1-2H3,(H,19,20). The Morgan fingerprint density at radius 3 is 2.70 bits per heavy atom. The van der Waals surface area contributed by atoms with E-state index in [1.54, 1.807) is 28.6 Å². The normalized spacial score (nSPS) is 10.7. The Morgan fingerprint density at radius 1 is 1.30 bits per heavy atom. The Balaban J connectivity index is 2.48. The molecule has 0 unspecified atom stereocenters. The number of benzene rings is 1. The zero-order valence-corrected chi connectivity index (χ0v) is 11.7. The van der Waals surface area contributed by atoms with Crippen LogP contribution in [-0.2, 0) is 11.3 Å². The van der Waals surface area contributed by atoms with Crippen LogP contribution in [0.15, 0.2) is 35.1 Å². The fraction of sp³-hybridized carbons (Fsp3) is 0.333. The second kappa shape index (κ2) is 5.77. The van der Waals surface area contributed by atoms with Crippen molar-refractivity contribution in [3.63, 3.8) is 0 Å². The highest BCUT2D eigenvalue weighted by atomic mass is 16.4. The number of hydrogen-bond donors (Lipinski definition) is 1. The van der Waals surface area contributed by atoms with Crippen LogP contribution in [-0.4, -0.2) is 29.2 Å². The van der Waals surface area contributed by atoms with Crippen LogP contribution in [0.2, 0.25) is 0 Å². The van der Waals surface area contributed by atoms with Crippen LogP contribution in [0, 0.1) is 0 Å². The van der Waals surface area contributed by atoms with Gasteiger partial charge in [0.05, 0.1) is 5.52 Å². The summed E-state index contributed by atoms with van der Waals surface area (Å²) in [7, 11) is 1.73. The van der Waals surface area contributed by atoms with Gasteiger partial charge in [-0.05, 0) is 30.7 Å². The lowest BCUT2D eigenvalue weighted by Crippen LogP contribution is -2.25. The van der Waals surface area contributed by atoms with E-state index in [2.05, 4.69) is 0 Å². The number of aromatic nitrogens is 1. The van der Waals surface area contributed by atoms with Gasteiger partial charge in [0.1, 0.15) is 6.54 Å². The van der Waals surface area contributed by atoms with Gasteiger partial charge in [0, 0.05) is 30.7 Å². The SMILES string of the molecule is CCCn1c(=O)ccc2cc(N(C)CC(=O)O)ccc21. The number of likely N-dealkylation sites (N-methyl/N-ethyl adjacent to an activating group) is 1. The van der Waals surface area contributed by atoms with Crippen molar-refractivity contribution in [1.82, 2.24) is 4.57 Å². The summed E-state index contributed by atoms with van der Waals surface area (Å²) >= 11 is 0. The summed E-state index contributed by atoms with van der Waals surface area (Å²) in [6.45, 7) is 2.65. The second-order valence-electron chi connectivity index (χ2n) is 4.82. The molecule has 0 spiro atoms. The highest BCUT2D eigenvalue weighted by Crippen LogP contribution is 2.20. The number of carboxylic acid groups (broad SMARTS) is 1. The van der Waals surface area contributed by atoms with Gasteiger partial charge in [-0.25, -0.2) is 0 Å². The molecule has 2 aromatic rings. The van der Waals surface area contributed by atoms with Crippen molar-refractivity contribution in [1.29, 1.82) is 0 Å². The molecule has 0 fully saturated rings. The summed E-state index contributed by atoms with van der Waals surface area (Å²) in [5.41, 5.74) is 1.69. The predicted octanol–water partition coefficient (Wildman–Crippen LogP) is 1.93. The van der Waals surface area contributed by atoms with Crippen LogP contribution in [0.1, 0.15) is 13.3 Å². The first-order valence-corrected chi connectivity index (χ1v) is 6.59. The lowest BCUT2D eigenvalue weighted by molar-refractivity contribution is -0.135. The van der Waals surface area contributed by atoms with Gasteiger partial charge >= 0.3 is 5.97 Å². The molecule has 0 aliphatic carbocycles. The van der Waals surface area contributed by atoms with E-state index in [0.29, 0.717) is 6.54 Å². The zero-order valence-electron chi connectivity index (χ0n) is 11.7. The van der Waals surface area contributed by atoms with Crippen molar-refractivity contribution < 1.29 is 9.90 Å². The van der Waals surface area contributed by atoms with Gasteiger partial charge in [-0.2, -0.15) is 0 Å². The minimum absolute atomic E-state index is 0.00834. The Bertz CT molecular complexity index is 691. The number of hydrogen-bond acceptors (Lipinski definition) is 3. The summed E-state index contributed by atoms with van der Waals surface area (Å²) in [6, 6.07) is 8.96. The molecule has 20 heavy (non-hydrogen) atoms. The smallest absolute Gasteiger partial charge is 0.323 e. The summed E-state index contributed by atoms with van der Waals surface area (Å²) in [5, 5.41) is 9.76. The Morgan fingerprint density at radius 2 is 2.05 bits per heavy atom. The fourth-order valence-corrected chi connectivity index (χ4v) is 2.28. The first kappa shape index (κ1) is 14.1. The minimum atomic E-state index is -0.872. The number of pyridine rings is 1. The van der Waals surface area contributed by atoms with Gasteiger partial charge < -0.3 is 14.6 Å². The molecule has 0 atom stereocenters. The van der Waals surface area contributed by atoms with Gasteiger partial charge in [0.2, 0.25) is 0 Å². The van der Waals surface area contributed by atoms with Crippen molar-refractivity contribution in [2.45, 2.75) is 19.9 Å².